The van der Waals surface area contributed by atoms with Crippen LogP contribution in [0.3, 0.4) is 0 Å². The van der Waals surface area contributed by atoms with Crippen LogP contribution in [0.5, 0.6) is 0 Å². The molecule has 0 rings (SSSR count). The molecule has 2 unspecified atom stereocenters. The Labute approximate surface area is 137 Å². The Balaban J connectivity index is 5.19. The van der Waals surface area contributed by atoms with Gasteiger partial charge in [-0.05, 0) is 0 Å². The molecule has 128 valence electrons. The zero-order valence-electron chi connectivity index (χ0n) is 13.3. The summed E-state index contributed by atoms with van der Waals surface area (Å²) in [5, 5.41) is 3.22. The summed E-state index contributed by atoms with van der Waals surface area (Å²) < 4.78 is 12.3. The van der Waals surface area contributed by atoms with Gasteiger partial charge in [-0.3, -0.25) is 0 Å². The zero-order valence-corrected chi connectivity index (χ0v) is 16.7. The number of methoxy groups -OCH3 is 2. The number of ether oxygens (including phenoxy) is 2. The number of esters is 1. The summed E-state index contributed by atoms with van der Waals surface area (Å²) in [5.74, 6) is -1.25. The zero-order chi connectivity index (χ0) is 17.3. The molecule has 0 radical (unpaired) electrons. The number of hydrogen-bond donors (Lipinski definition) is 2. The molecule has 0 aromatic carbocycles. The first-order chi connectivity index (χ1) is 10.2. The van der Waals surface area contributed by atoms with Gasteiger partial charge in [0.15, 0.2) is 0 Å². The molecular weight excluding hydrogens is 426 g/mol. The van der Waals surface area contributed by atoms with Crippen molar-refractivity contribution in [3.63, 3.8) is 0 Å². The van der Waals surface area contributed by atoms with Crippen LogP contribution in [-0.4, -0.2) is 67.3 Å². The van der Waals surface area contributed by atoms with Gasteiger partial charge in [-0.1, -0.05) is 0 Å². The molecular formula is C12H22N2O6Se2. The van der Waals surface area contributed by atoms with E-state index < -0.39 is 28.1 Å². The first kappa shape index (κ1) is 20.9. The predicted octanol–water partition coefficient (Wildman–Crippen LogP) is -0.267. The molecule has 0 fully saturated rings. The van der Waals surface area contributed by atoms with E-state index in [4.69, 9.17) is 4.74 Å². The Morgan fingerprint density at radius 2 is 1.68 bits per heavy atom. The molecule has 2 amide bonds. The fourth-order valence-corrected chi connectivity index (χ4v) is 15.5. The van der Waals surface area contributed by atoms with Crippen molar-refractivity contribution in [2.75, 3.05) is 14.2 Å². The number of carbonyl (C=O) groups excluding carboxylic acids is 4. The molecule has 2 atom stereocenters. The third-order valence-corrected chi connectivity index (χ3v) is 19.6. The van der Waals surface area contributed by atoms with Crippen molar-refractivity contribution in [1.29, 1.82) is 0 Å². The molecule has 0 aromatic heterocycles. The minimum absolute atomic E-state index is 0.252. The average molecular weight is 448 g/mol. The van der Waals surface area contributed by atoms with Crippen LogP contribution in [0, 0.1) is 0 Å². The molecule has 0 aliphatic rings. The van der Waals surface area contributed by atoms with E-state index in [0.717, 1.165) is 0 Å². The summed E-state index contributed by atoms with van der Waals surface area (Å²) in [7, 11) is 2.50. The van der Waals surface area contributed by atoms with Crippen LogP contribution in [0.15, 0.2) is 0 Å². The van der Waals surface area contributed by atoms with Gasteiger partial charge in [0, 0.05) is 0 Å². The maximum absolute atomic E-state index is 12.1. The molecule has 0 aromatic rings. The summed E-state index contributed by atoms with van der Waals surface area (Å²) in [5.41, 5.74) is 0. The summed E-state index contributed by atoms with van der Waals surface area (Å²) in [4.78, 5) is 46.0. The monoisotopic (exact) mass is 450 g/mol. The number of amides is 2. The van der Waals surface area contributed by atoms with Gasteiger partial charge in [-0.15, -0.1) is 0 Å². The molecule has 2 N–H and O–H groups in total. The molecule has 0 saturated heterocycles. The Morgan fingerprint density at radius 3 is 2.05 bits per heavy atom. The van der Waals surface area contributed by atoms with Crippen molar-refractivity contribution < 1.29 is 28.7 Å². The predicted molar refractivity (Wildman–Crippen MR) is 82.6 cm³/mol. The third kappa shape index (κ3) is 6.35. The number of nitrogens with one attached hydrogen (secondary N) is 2. The second-order valence-corrected chi connectivity index (χ2v) is 19.3. The Hall–Kier alpha value is -1.08. The normalized spacial score (nSPS) is 15.7. The molecule has 0 bridgehead atoms. The molecule has 0 aliphatic carbocycles. The average Bonchev–Trinajstić information content (AvgIpc) is 2.47. The van der Waals surface area contributed by atoms with E-state index in [9.17, 15) is 19.2 Å². The SMILES string of the molecule is CC[Se](NC(C)=O)([Se]CC(NC(C)=O)C(=O)OC)C(=O)OC. The second-order valence-electron chi connectivity index (χ2n) is 4.14. The van der Waals surface area contributed by atoms with Crippen LogP contribution < -0.4 is 9.65 Å². The molecule has 0 saturated carbocycles. The standard InChI is InChI=1S/C12H22N2O6Se2/c1-6-22(12(18)20-5,14-9(3)16)21-7-10(11(17)19-4)13-8(2)15/h10H,6-7H2,1-5H3,(H,13,15)(H,14,16). The molecule has 0 aliphatic heterocycles. The van der Waals surface area contributed by atoms with Gasteiger partial charge in [0.2, 0.25) is 0 Å². The van der Waals surface area contributed by atoms with Gasteiger partial charge in [0.1, 0.15) is 0 Å². The van der Waals surface area contributed by atoms with Crippen LogP contribution in [0.2, 0.25) is 10.6 Å². The molecule has 8 nitrogen and oxygen atoms in total. The number of carbonyl (C=O) groups is 4. The van der Waals surface area contributed by atoms with E-state index in [2.05, 4.69) is 14.4 Å². The van der Waals surface area contributed by atoms with Crippen molar-refractivity contribution in [3.05, 3.63) is 0 Å². The van der Waals surface area contributed by atoms with Gasteiger partial charge < -0.3 is 0 Å². The van der Waals surface area contributed by atoms with E-state index in [1.165, 1.54) is 28.1 Å². The summed E-state index contributed by atoms with van der Waals surface area (Å²) >= 11 is -3.46. The van der Waals surface area contributed by atoms with Crippen LogP contribution in [0.4, 0.5) is 4.79 Å². The first-order valence-electron chi connectivity index (χ1n) is 6.39. The van der Waals surface area contributed by atoms with E-state index in [1.807, 2.05) is 0 Å². The Kier molecular flexibility index (Phi) is 9.36. The minimum atomic E-state index is -3.08. The maximum atomic E-state index is 12.1. The van der Waals surface area contributed by atoms with E-state index in [-0.39, 0.29) is 30.3 Å². The van der Waals surface area contributed by atoms with Crippen molar-refractivity contribution >= 4 is 47.0 Å². The quantitative estimate of drug-likeness (QED) is 0.391. The fraction of sp³-hybridized carbons (Fsp3) is 0.667. The Bertz CT molecular complexity index is 445. The van der Waals surface area contributed by atoms with Gasteiger partial charge >= 0.3 is 137 Å². The summed E-state index contributed by atoms with van der Waals surface area (Å²) in [6, 6.07) is -0.830. The van der Waals surface area contributed by atoms with Gasteiger partial charge in [0.25, 0.3) is 0 Å². The molecule has 10 heteroatoms. The van der Waals surface area contributed by atoms with E-state index >= 15 is 0 Å². The molecule has 22 heavy (non-hydrogen) atoms. The fourth-order valence-electron chi connectivity index (χ4n) is 1.50. The number of hydrogen-bond acceptors (Lipinski definition) is 6. The van der Waals surface area contributed by atoms with Crippen LogP contribution in [0.1, 0.15) is 20.8 Å². The van der Waals surface area contributed by atoms with Crippen molar-refractivity contribution in [2.24, 2.45) is 0 Å². The van der Waals surface area contributed by atoms with E-state index in [0.29, 0.717) is 5.32 Å². The first-order valence-corrected chi connectivity index (χ1v) is 14.9. The Morgan fingerprint density at radius 1 is 1.09 bits per heavy atom. The topological polar surface area (TPSA) is 111 Å². The molecule has 0 spiro atoms. The van der Waals surface area contributed by atoms with Crippen LogP contribution in [0.25, 0.3) is 0 Å². The number of rotatable bonds is 8. The van der Waals surface area contributed by atoms with Crippen LogP contribution >= 0.6 is 0 Å². The van der Waals surface area contributed by atoms with Gasteiger partial charge in [-0.25, -0.2) is 0 Å². The third-order valence-electron chi connectivity index (χ3n) is 2.45. The summed E-state index contributed by atoms with van der Waals surface area (Å²) in [6.07, 6.45) is 0. The van der Waals surface area contributed by atoms with Crippen LogP contribution in [-0.2, 0) is 23.9 Å². The van der Waals surface area contributed by atoms with Crippen molar-refractivity contribution in [2.45, 2.75) is 37.5 Å². The van der Waals surface area contributed by atoms with Gasteiger partial charge in [0.05, 0.1) is 0 Å². The molecule has 0 heterocycles. The van der Waals surface area contributed by atoms with Gasteiger partial charge in [-0.2, -0.15) is 0 Å². The van der Waals surface area contributed by atoms with Crippen molar-refractivity contribution in [1.82, 2.24) is 9.65 Å². The summed E-state index contributed by atoms with van der Waals surface area (Å²) in [6.45, 7) is 4.44. The van der Waals surface area contributed by atoms with Crippen molar-refractivity contribution in [3.8, 4) is 0 Å². The van der Waals surface area contributed by atoms with E-state index in [1.54, 1.807) is 6.92 Å². The second kappa shape index (κ2) is 9.84.